The molecule has 3 nitrogen and oxygen atoms in total. The maximum Gasteiger partial charge on any atom is 0.0507 e. The van der Waals surface area contributed by atoms with Crippen molar-refractivity contribution in [3.63, 3.8) is 0 Å². The molecule has 0 fully saturated rings. The zero-order chi connectivity index (χ0) is 8.10. The van der Waals surface area contributed by atoms with Crippen molar-refractivity contribution in [2.24, 2.45) is 5.16 Å². The van der Waals surface area contributed by atoms with E-state index in [0.29, 0.717) is 0 Å². The van der Waals surface area contributed by atoms with E-state index in [0.717, 1.165) is 5.56 Å². The van der Waals surface area contributed by atoms with Crippen molar-refractivity contribution >= 4 is 6.21 Å². The summed E-state index contributed by atoms with van der Waals surface area (Å²) in [5.74, 6) is 0.142. The zero-order valence-electron chi connectivity index (χ0n) is 6.31. The lowest BCUT2D eigenvalue weighted by molar-refractivity contribution is 0.320. The van der Waals surface area contributed by atoms with E-state index in [1.807, 2.05) is 19.1 Å². The molecule has 0 radical (unpaired) electrons. The molecule has 0 aliphatic carbocycles. The number of rotatable bonds is 2. The molecule has 3 heteroatoms. The summed E-state index contributed by atoms with van der Waals surface area (Å²) in [4.78, 5) is 3.88. The van der Waals surface area contributed by atoms with Gasteiger partial charge in [-0.15, -0.1) is 5.16 Å². The Bertz CT molecular complexity index is 233. The molecule has 0 spiro atoms. The van der Waals surface area contributed by atoms with E-state index < -0.39 is 0 Å². The topological polar surface area (TPSA) is 45.5 Å². The Morgan fingerprint density at radius 3 is 2.73 bits per heavy atom. The van der Waals surface area contributed by atoms with Crippen LogP contribution in [0.2, 0.25) is 0 Å². The number of hydrogen-bond acceptors (Lipinski definition) is 3. The molecule has 0 aliphatic rings. The van der Waals surface area contributed by atoms with Crippen LogP contribution in [0.25, 0.3) is 0 Å². The van der Waals surface area contributed by atoms with Gasteiger partial charge < -0.3 is 5.21 Å². The number of pyridine rings is 1. The van der Waals surface area contributed by atoms with E-state index in [9.17, 15) is 0 Å². The van der Waals surface area contributed by atoms with Gasteiger partial charge in [-0.1, -0.05) is 6.92 Å². The highest BCUT2D eigenvalue weighted by atomic mass is 16.4. The van der Waals surface area contributed by atoms with Crippen LogP contribution in [0.4, 0.5) is 0 Å². The van der Waals surface area contributed by atoms with Crippen molar-refractivity contribution < 1.29 is 5.21 Å². The first-order valence-corrected chi connectivity index (χ1v) is 3.42. The third kappa shape index (κ3) is 2.04. The van der Waals surface area contributed by atoms with E-state index in [1.165, 1.54) is 6.21 Å². The largest absolute Gasteiger partial charge is 0.411 e. The Kier molecular flexibility index (Phi) is 2.60. The predicted molar refractivity (Wildman–Crippen MR) is 42.9 cm³/mol. The summed E-state index contributed by atoms with van der Waals surface area (Å²) >= 11 is 0. The van der Waals surface area contributed by atoms with Crippen LogP contribution in [-0.2, 0) is 0 Å². The maximum absolute atomic E-state index is 8.25. The fourth-order valence-electron chi connectivity index (χ4n) is 0.853. The first-order chi connectivity index (χ1) is 5.34. The van der Waals surface area contributed by atoms with Crippen LogP contribution in [0.1, 0.15) is 18.4 Å². The van der Waals surface area contributed by atoms with Crippen LogP contribution in [0, 0.1) is 0 Å². The molecule has 58 valence electrons. The fourth-order valence-corrected chi connectivity index (χ4v) is 0.853. The van der Waals surface area contributed by atoms with Crippen molar-refractivity contribution in [1.82, 2.24) is 4.98 Å². The third-order valence-corrected chi connectivity index (χ3v) is 1.52. The Labute approximate surface area is 65.4 Å². The van der Waals surface area contributed by atoms with Gasteiger partial charge in [-0.3, -0.25) is 4.98 Å². The summed E-state index contributed by atoms with van der Waals surface area (Å²) < 4.78 is 0. The molecule has 1 N–H and O–H groups in total. The lowest BCUT2D eigenvalue weighted by Gasteiger charge is -2.02. The number of aromatic nitrogens is 1. The lowest BCUT2D eigenvalue weighted by atomic mass is 10.0. The van der Waals surface area contributed by atoms with Crippen molar-refractivity contribution in [3.8, 4) is 0 Å². The fraction of sp³-hybridized carbons (Fsp3) is 0.250. The molecule has 0 aliphatic heterocycles. The highest BCUT2D eigenvalue weighted by molar-refractivity contribution is 5.66. The Morgan fingerprint density at radius 1 is 1.55 bits per heavy atom. The average Bonchev–Trinajstić information content (AvgIpc) is 2.07. The van der Waals surface area contributed by atoms with Crippen molar-refractivity contribution in [3.05, 3.63) is 30.1 Å². The van der Waals surface area contributed by atoms with E-state index in [1.54, 1.807) is 12.4 Å². The van der Waals surface area contributed by atoms with Gasteiger partial charge in [0, 0.05) is 18.3 Å². The molecular weight excluding hydrogens is 140 g/mol. The van der Waals surface area contributed by atoms with Gasteiger partial charge in [-0.25, -0.2) is 0 Å². The summed E-state index contributed by atoms with van der Waals surface area (Å²) in [5.41, 5.74) is 1.10. The first-order valence-electron chi connectivity index (χ1n) is 3.42. The standard InChI is InChI=1S/C8H10N2O/c1-7(6-10-11)8-2-4-9-5-3-8/h2-7,11H,1H3. The molecule has 0 bridgehead atoms. The second kappa shape index (κ2) is 3.71. The summed E-state index contributed by atoms with van der Waals surface area (Å²) in [6, 6.07) is 3.79. The Morgan fingerprint density at radius 2 is 2.18 bits per heavy atom. The lowest BCUT2D eigenvalue weighted by Crippen LogP contribution is -1.93. The van der Waals surface area contributed by atoms with Gasteiger partial charge in [-0.2, -0.15) is 0 Å². The van der Waals surface area contributed by atoms with Crippen LogP contribution >= 0.6 is 0 Å². The zero-order valence-corrected chi connectivity index (χ0v) is 6.31. The minimum atomic E-state index is 0.142. The van der Waals surface area contributed by atoms with Gasteiger partial charge >= 0.3 is 0 Å². The van der Waals surface area contributed by atoms with Crippen LogP contribution in [0.3, 0.4) is 0 Å². The smallest absolute Gasteiger partial charge is 0.0507 e. The molecule has 1 aromatic rings. The number of nitrogens with zero attached hydrogens (tertiary/aromatic N) is 2. The molecule has 1 rings (SSSR count). The van der Waals surface area contributed by atoms with Crippen LogP contribution in [0.15, 0.2) is 29.7 Å². The van der Waals surface area contributed by atoms with Gasteiger partial charge in [0.25, 0.3) is 0 Å². The van der Waals surface area contributed by atoms with Gasteiger partial charge in [0.1, 0.15) is 0 Å². The molecule has 0 saturated carbocycles. The highest BCUT2D eigenvalue weighted by Crippen LogP contribution is 2.10. The van der Waals surface area contributed by atoms with E-state index in [-0.39, 0.29) is 5.92 Å². The second-order valence-electron chi connectivity index (χ2n) is 2.33. The quantitative estimate of drug-likeness (QED) is 0.395. The Hall–Kier alpha value is -1.38. The van der Waals surface area contributed by atoms with Gasteiger partial charge in [0.05, 0.1) is 6.21 Å². The minimum Gasteiger partial charge on any atom is -0.411 e. The predicted octanol–water partition coefficient (Wildman–Crippen LogP) is 1.65. The molecule has 11 heavy (non-hydrogen) atoms. The minimum absolute atomic E-state index is 0.142. The molecule has 0 saturated heterocycles. The van der Waals surface area contributed by atoms with Gasteiger partial charge in [-0.05, 0) is 17.7 Å². The molecule has 1 aromatic heterocycles. The van der Waals surface area contributed by atoms with Crippen molar-refractivity contribution in [2.75, 3.05) is 0 Å². The normalized spacial score (nSPS) is 13.5. The molecule has 1 heterocycles. The van der Waals surface area contributed by atoms with Crippen molar-refractivity contribution in [1.29, 1.82) is 0 Å². The van der Waals surface area contributed by atoms with Crippen LogP contribution in [0.5, 0.6) is 0 Å². The summed E-state index contributed by atoms with van der Waals surface area (Å²) in [6.07, 6.45) is 4.92. The second-order valence-corrected chi connectivity index (χ2v) is 2.33. The first kappa shape index (κ1) is 7.72. The number of hydrogen-bond donors (Lipinski definition) is 1. The molecule has 1 atom stereocenters. The summed E-state index contributed by atoms with van der Waals surface area (Å²) in [7, 11) is 0. The third-order valence-electron chi connectivity index (χ3n) is 1.52. The van der Waals surface area contributed by atoms with Crippen LogP contribution in [-0.4, -0.2) is 16.4 Å². The van der Waals surface area contributed by atoms with Crippen LogP contribution < -0.4 is 0 Å². The van der Waals surface area contributed by atoms with E-state index >= 15 is 0 Å². The molecular formula is C8H10N2O. The highest BCUT2D eigenvalue weighted by Gasteiger charge is 1.99. The molecule has 0 amide bonds. The monoisotopic (exact) mass is 150 g/mol. The molecule has 0 aromatic carbocycles. The Balaban J connectivity index is 2.76. The summed E-state index contributed by atoms with van der Waals surface area (Å²) in [5, 5.41) is 11.2. The average molecular weight is 150 g/mol. The summed E-state index contributed by atoms with van der Waals surface area (Å²) in [6.45, 7) is 1.95. The number of oxime groups is 1. The molecule has 1 unspecified atom stereocenters. The van der Waals surface area contributed by atoms with E-state index in [2.05, 4.69) is 10.1 Å². The SMILES string of the molecule is CC(C=NO)c1ccncc1. The van der Waals surface area contributed by atoms with E-state index in [4.69, 9.17) is 5.21 Å². The maximum atomic E-state index is 8.25. The van der Waals surface area contributed by atoms with Gasteiger partial charge in [0.15, 0.2) is 0 Å². The van der Waals surface area contributed by atoms with Crippen molar-refractivity contribution in [2.45, 2.75) is 12.8 Å². The van der Waals surface area contributed by atoms with Gasteiger partial charge in [0.2, 0.25) is 0 Å².